The molecule has 0 unspecified atom stereocenters. The van der Waals surface area contributed by atoms with E-state index < -0.39 is 8.32 Å². The Morgan fingerprint density at radius 2 is 1.35 bits per heavy atom. The molecule has 2 aliphatic carbocycles. The van der Waals surface area contributed by atoms with E-state index in [9.17, 15) is 0 Å². The van der Waals surface area contributed by atoms with Gasteiger partial charge < -0.3 is 13.9 Å². The molecule has 37 heavy (non-hydrogen) atoms. The fourth-order valence-corrected chi connectivity index (χ4v) is 11.4. The Labute approximate surface area is 221 Å². The molecule has 3 nitrogen and oxygen atoms in total. The SMILES string of the molecule is CC(C)(C)[Si](OC[C@@H]1[C@H]2C=CC=C[C@H]2[C@H]1Cc1ccc2c(c1)OCO2)(c1ccccc1)c1ccccc1. The van der Waals surface area contributed by atoms with Crippen LogP contribution in [0.15, 0.2) is 103 Å². The first-order valence-corrected chi connectivity index (χ1v) is 15.4. The Morgan fingerprint density at radius 3 is 1.97 bits per heavy atom. The molecular formula is C33H36O3Si. The molecule has 0 radical (unpaired) electrons. The van der Waals surface area contributed by atoms with E-state index in [2.05, 4.69) is 124 Å². The van der Waals surface area contributed by atoms with Crippen LogP contribution in [0.2, 0.25) is 5.04 Å². The van der Waals surface area contributed by atoms with Crippen molar-refractivity contribution in [3.05, 3.63) is 109 Å². The molecule has 0 aromatic heterocycles. The lowest BCUT2D eigenvalue weighted by Gasteiger charge is -2.53. The van der Waals surface area contributed by atoms with Gasteiger partial charge in [0, 0.05) is 6.61 Å². The van der Waals surface area contributed by atoms with Gasteiger partial charge in [0.05, 0.1) is 0 Å². The molecule has 1 heterocycles. The van der Waals surface area contributed by atoms with Crippen LogP contribution in [-0.4, -0.2) is 21.7 Å². The molecule has 1 saturated carbocycles. The lowest BCUT2D eigenvalue weighted by molar-refractivity contribution is 0.00220. The molecule has 6 rings (SSSR count). The van der Waals surface area contributed by atoms with Crippen LogP contribution in [0, 0.1) is 23.7 Å². The lowest BCUT2D eigenvalue weighted by atomic mass is 9.54. The minimum atomic E-state index is -2.57. The van der Waals surface area contributed by atoms with Gasteiger partial charge in [-0.3, -0.25) is 0 Å². The largest absolute Gasteiger partial charge is 0.454 e. The molecule has 4 heteroatoms. The maximum Gasteiger partial charge on any atom is 0.261 e. The molecule has 1 aliphatic heterocycles. The molecule has 3 aromatic carbocycles. The Morgan fingerprint density at radius 1 is 0.757 bits per heavy atom. The lowest BCUT2D eigenvalue weighted by Crippen LogP contribution is -2.67. The van der Waals surface area contributed by atoms with Crippen LogP contribution in [0.25, 0.3) is 0 Å². The average Bonchev–Trinajstić information content (AvgIpc) is 3.38. The van der Waals surface area contributed by atoms with Crippen LogP contribution in [-0.2, 0) is 10.8 Å². The number of ether oxygens (including phenoxy) is 2. The molecule has 3 aromatic rings. The van der Waals surface area contributed by atoms with Crippen LogP contribution in [0.1, 0.15) is 26.3 Å². The molecule has 0 spiro atoms. The minimum Gasteiger partial charge on any atom is -0.454 e. The molecule has 0 bridgehead atoms. The predicted octanol–water partition coefficient (Wildman–Crippen LogP) is 6.14. The highest BCUT2D eigenvalue weighted by Gasteiger charge is 2.53. The van der Waals surface area contributed by atoms with Crippen molar-refractivity contribution >= 4 is 18.7 Å². The highest BCUT2D eigenvalue weighted by atomic mass is 28.4. The van der Waals surface area contributed by atoms with Crippen LogP contribution in [0.3, 0.4) is 0 Å². The highest BCUT2D eigenvalue weighted by Crippen LogP contribution is 2.52. The van der Waals surface area contributed by atoms with Gasteiger partial charge in [0.2, 0.25) is 6.79 Å². The van der Waals surface area contributed by atoms with Crippen molar-refractivity contribution in [2.75, 3.05) is 13.4 Å². The number of allylic oxidation sites excluding steroid dienone is 4. The number of benzene rings is 3. The number of hydrogen-bond donors (Lipinski definition) is 0. The van der Waals surface area contributed by atoms with Crippen LogP contribution in [0.4, 0.5) is 0 Å². The predicted molar refractivity (Wildman–Crippen MR) is 152 cm³/mol. The van der Waals surface area contributed by atoms with Crippen molar-refractivity contribution in [2.24, 2.45) is 23.7 Å². The Kier molecular flexibility index (Phi) is 6.34. The maximum absolute atomic E-state index is 7.40. The molecule has 1 fully saturated rings. The van der Waals surface area contributed by atoms with E-state index in [1.807, 2.05) is 0 Å². The summed E-state index contributed by atoms with van der Waals surface area (Å²) >= 11 is 0. The first-order chi connectivity index (χ1) is 18.0. The van der Waals surface area contributed by atoms with Crippen molar-refractivity contribution in [1.29, 1.82) is 0 Å². The zero-order chi connectivity index (χ0) is 25.5. The average molecular weight is 509 g/mol. The second kappa shape index (κ2) is 9.66. The zero-order valence-corrected chi connectivity index (χ0v) is 23.0. The van der Waals surface area contributed by atoms with Gasteiger partial charge in [-0.1, -0.05) is 112 Å². The van der Waals surface area contributed by atoms with E-state index in [4.69, 9.17) is 13.9 Å². The van der Waals surface area contributed by atoms with Crippen LogP contribution in [0.5, 0.6) is 11.5 Å². The fourth-order valence-electron chi connectivity index (χ4n) is 6.77. The highest BCUT2D eigenvalue weighted by molar-refractivity contribution is 6.99. The van der Waals surface area contributed by atoms with Gasteiger partial charge in [-0.25, -0.2) is 0 Å². The fraction of sp³-hybridized carbons (Fsp3) is 0.333. The van der Waals surface area contributed by atoms with Crippen molar-refractivity contribution in [2.45, 2.75) is 32.2 Å². The molecule has 4 atom stereocenters. The van der Waals surface area contributed by atoms with Crippen LogP contribution >= 0.6 is 0 Å². The van der Waals surface area contributed by atoms with Gasteiger partial charge in [-0.2, -0.15) is 0 Å². The van der Waals surface area contributed by atoms with Gasteiger partial charge in [0.25, 0.3) is 8.32 Å². The van der Waals surface area contributed by atoms with Crippen molar-refractivity contribution in [3.8, 4) is 11.5 Å². The smallest absolute Gasteiger partial charge is 0.261 e. The molecule has 0 N–H and O–H groups in total. The third-order valence-corrected chi connectivity index (χ3v) is 13.6. The van der Waals surface area contributed by atoms with Crippen LogP contribution < -0.4 is 19.8 Å². The van der Waals surface area contributed by atoms with E-state index in [0.717, 1.165) is 24.5 Å². The van der Waals surface area contributed by atoms with E-state index in [-0.39, 0.29) is 5.04 Å². The number of fused-ring (bicyclic) bond motifs is 2. The molecule has 0 amide bonds. The Balaban J connectivity index is 1.32. The summed E-state index contributed by atoms with van der Waals surface area (Å²) in [5.41, 5.74) is 1.31. The summed E-state index contributed by atoms with van der Waals surface area (Å²) in [4.78, 5) is 0. The third-order valence-electron chi connectivity index (χ3n) is 8.58. The minimum absolute atomic E-state index is 0.0199. The summed E-state index contributed by atoms with van der Waals surface area (Å²) in [6.07, 6.45) is 10.3. The molecule has 0 saturated heterocycles. The van der Waals surface area contributed by atoms with E-state index in [1.165, 1.54) is 15.9 Å². The van der Waals surface area contributed by atoms with Gasteiger partial charge in [0.1, 0.15) is 0 Å². The van der Waals surface area contributed by atoms with E-state index in [0.29, 0.717) is 30.5 Å². The summed E-state index contributed by atoms with van der Waals surface area (Å²) in [6.45, 7) is 8.15. The standard InChI is InChI=1S/C33H36O3Si/c1-33(2,3)37(25-12-6-4-7-13-25,26-14-8-5-9-15-26)36-22-30-28-17-11-10-16-27(28)29(30)20-24-18-19-31-32(21-24)35-23-34-31/h4-19,21,27-30H,20,22-23H2,1-3H3/t27-,28+,29-,30-/m1/s1. The second-order valence-electron chi connectivity index (χ2n) is 11.6. The first-order valence-electron chi connectivity index (χ1n) is 13.5. The van der Waals surface area contributed by atoms with Gasteiger partial charge >= 0.3 is 0 Å². The summed E-state index contributed by atoms with van der Waals surface area (Å²) in [5.74, 6) is 3.81. The van der Waals surface area contributed by atoms with Gasteiger partial charge in [-0.15, -0.1) is 0 Å². The monoisotopic (exact) mass is 508 g/mol. The maximum atomic E-state index is 7.40. The van der Waals surface area contributed by atoms with Gasteiger partial charge in [-0.05, 0) is 63.2 Å². The Bertz CT molecular complexity index is 1250. The Hall–Kier alpha value is -3.08. The normalized spacial score (nSPS) is 24.0. The first kappa shape index (κ1) is 24.3. The molecule has 3 aliphatic rings. The number of rotatable bonds is 7. The van der Waals surface area contributed by atoms with Gasteiger partial charge in [0.15, 0.2) is 11.5 Å². The second-order valence-corrected chi connectivity index (χ2v) is 15.9. The quantitative estimate of drug-likeness (QED) is 0.359. The molecule has 190 valence electrons. The van der Waals surface area contributed by atoms with Crippen molar-refractivity contribution < 1.29 is 13.9 Å². The van der Waals surface area contributed by atoms with Crippen molar-refractivity contribution in [3.63, 3.8) is 0 Å². The third kappa shape index (κ3) is 4.26. The van der Waals surface area contributed by atoms with E-state index in [1.54, 1.807) is 0 Å². The summed E-state index contributed by atoms with van der Waals surface area (Å²) < 4.78 is 18.6. The molecular weight excluding hydrogens is 472 g/mol. The van der Waals surface area contributed by atoms with Crippen molar-refractivity contribution in [1.82, 2.24) is 0 Å². The summed E-state index contributed by atoms with van der Waals surface area (Å²) in [7, 11) is -2.57. The zero-order valence-electron chi connectivity index (χ0n) is 22.0. The van der Waals surface area contributed by atoms with E-state index >= 15 is 0 Å². The number of hydrogen-bond acceptors (Lipinski definition) is 3. The topological polar surface area (TPSA) is 27.7 Å². The summed E-state index contributed by atoms with van der Waals surface area (Å²) in [5, 5.41) is 2.67. The summed E-state index contributed by atoms with van der Waals surface area (Å²) in [6, 6.07) is 28.4.